The number of alkyl halides is 3. The number of halogens is 3. The molecule has 0 spiro atoms. The molecule has 0 atom stereocenters. The molecule has 1 aromatic heterocycles. The van der Waals surface area contributed by atoms with E-state index in [4.69, 9.17) is 4.42 Å². The SMILES string of the molecule is CC1(C)C(=O)N(C2CC2)c2cc(-c3nc(OS(=O)(=O)C(F)(F)F)co3)ccc21. The van der Waals surface area contributed by atoms with Gasteiger partial charge in [0.1, 0.15) is 0 Å². The fraction of sp³-hybridized carbons (Fsp3) is 0.412. The molecule has 4 rings (SSSR count). The largest absolute Gasteiger partial charge is 0.534 e. The molecule has 1 fully saturated rings. The van der Waals surface area contributed by atoms with Crippen LogP contribution >= 0.6 is 0 Å². The van der Waals surface area contributed by atoms with Gasteiger partial charge in [-0.25, -0.2) is 0 Å². The molecule has 1 aliphatic heterocycles. The highest BCUT2D eigenvalue weighted by Crippen LogP contribution is 2.47. The fourth-order valence-corrected chi connectivity index (χ4v) is 3.60. The van der Waals surface area contributed by atoms with Gasteiger partial charge in [-0.15, -0.1) is 0 Å². The summed E-state index contributed by atoms with van der Waals surface area (Å²) < 4.78 is 68.5. The van der Waals surface area contributed by atoms with Gasteiger partial charge in [0.05, 0.1) is 5.41 Å². The van der Waals surface area contributed by atoms with Crippen LogP contribution in [0.2, 0.25) is 0 Å². The Kier molecular flexibility index (Phi) is 3.84. The molecule has 2 aliphatic rings. The number of carbonyl (C=O) groups excluding carboxylic acids is 1. The maximum absolute atomic E-state index is 12.8. The zero-order valence-corrected chi connectivity index (χ0v) is 15.6. The van der Waals surface area contributed by atoms with E-state index in [0.29, 0.717) is 17.5 Å². The van der Waals surface area contributed by atoms with Crippen LogP contribution in [0.1, 0.15) is 32.3 Å². The molecular weight excluding hydrogens is 401 g/mol. The van der Waals surface area contributed by atoms with Crippen LogP contribution in [0.25, 0.3) is 11.5 Å². The summed E-state index contributed by atoms with van der Waals surface area (Å²) in [6.07, 6.45) is 2.48. The first-order valence-electron chi connectivity index (χ1n) is 8.36. The number of fused-ring (bicyclic) bond motifs is 1. The van der Waals surface area contributed by atoms with Gasteiger partial charge in [0, 0.05) is 17.3 Å². The van der Waals surface area contributed by atoms with E-state index in [2.05, 4.69) is 9.17 Å². The predicted octanol–water partition coefficient (Wildman–Crippen LogP) is 3.36. The zero-order chi connectivity index (χ0) is 20.5. The Balaban J connectivity index is 1.68. The Bertz CT molecular complexity index is 1070. The fourth-order valence-electron chi connectivity index (χ4n) is 3.20. The lowest BCUT2D eigenvalue weighted by molar-refractivity contribution is -0.122. The minimum Gasteiger partial charge on any atom is -0.440 e. The standard InChI is InChI=1S/C17H15F3N2O5S/c1-16(2)11-6-3-9(7-12(11)22(15(16)23)10-4-5-10)14-21-13(8-26-14)27-28(24,25)17(18,19)20/h3,6-8,10H,4-5H2,1-2H3. The van der Waals surface area contributed by atoms with Gasteiger partial charge in [-0.1, -0.05) is 6.07 Å². The van der Waals surface area contributed by atoms with Crippen LogP contribution in [-0.4, -0.2) is 30.9 Å². The van der Waals surface area contributed by atoms with E-state index in [1.807, 2.05) is 13.8 Å². The van der Waals surface area contributed by atoms with Crippen molar-refractivity contribution in [1.82, 2.24) is 4.98 Å². The Morgan fingerprint density at radius 1 is 1.29 bits per heavy atom. The van der Waals surface area contributed by atoms with Crippen LogP contribution in [0.3, 0.4) is 0 Å². The van der Waals surface area contributed by atoms with E-state index in [-0.39, 0.29) is 17.8 Å². The third-order valence-corrected chi connectivity index (χ3v) is 5.76. The van der Waals surface area contributed by atoms with E-state index < -0.39 is 26.9 Å². The Morgan fingerprint density at radius 3 is 2.57 bits per heavy atom. The van der Waals surface area contributed by atoms with Gasteiger partial charge in [-0.05, 0) is 44.4 Å². The van der Waals surface area contributed by atoms with E-state index in [1.165, 1.54) is 0 Å². The lowest BCUT2D eigenvalue weighted by atomic mass is 9.86. The lowest BCUT2D eigenvalue weighted by Gasteiger charge is -2.19. The van der Waals surface area contributed by atoms with Crippen LogP contribution in [0.5, 0.6) is 5.88 Å². The number of oxazole rings is 1. The number of aromatic nitrogens is 1. The van der Waals surface area contributed by atoms with Crippen molar-refractivity contribution >= 4 is 21.7 Å². The summed E-state index contributed by atoms with van der Waals surface area (Å²) in [4.78, 5) is 18.2. The Hall–Kier alpha value is -2.56. The summed E-state index contributed by atoms with van der Waals surface area (Å²) in [7, 11) is -5.84. The molecule has 1 amide bonds. The first-order valence-corrected chi connectivity index (χ1v) is 9.77. The molecule has 28 heavy (non-hydrogen) atoms. The minimum atomic E-state index is -5.84. The highest BCUT2D eigenvalue weighted by Gasteiger charge is 2.50. The van der Waals surface area contributed by atoms with Crippen molar-refractivity contribution in [2.75, 3.05) is 4.90 Å². The summed E-state index contributed by atoms with van der Waals surface area (Å²) in [5.41, 5.74) is -4.36. The zero-order valence-electron chi connectivity index (χ0n) is 14.8. The molecular formula is C17H15F3N2O5S. The third-order valence-electron chi connectivity index (χ3n) is 4.80. The first kappa shape index (κ1) is 18.8. The molecule has 2 heterocycles. The van der Waals surface area contributed by atoms with Crippen molar-refractivity contribution in [3.63, 3.8) is 0 Å². The number of anilines is 1. The van der Waals surface area contributed by atoms with Crippen LogP contribution < -0.4 is 9.08 Å². The van der Waals surface area contributed by atoms with Crippen LogP contribution in [0.15, 0.2) is 28.9 Å². The molecule has 11 heteroatoms. The smallest absolute Gasteiger partial charge is 0.440 e. The minimum absolute atomic E-state index is 0.0187. The lowest BCUT2D eigenvalue weighted by Crippen LogP contribution is -2.37. The summed E-state index contributed by atoms with van der Waals surface area (Å²) in [6, 6.07) is 5.14. The second-order valence-corrected chi connectivity index (χ2v) is 8.78. The van der Waals surface area contributed by atoms with Crippen molar-refractivity contribution in [3.05, 3.63) is 30.0 Å². The third kappa shape index (κ3) is 2.84. The van der Waals surface area contributed by atoms with Gasteiger partial charge in [0.25, 0.3) is 5.88 Å². The first-order chi connectivity index (χ1) is 12.9. The molecule has 1 aromatic carbocycles. The van der Waals surface area contributed by atoms with Gasteiger partial charge in [-0.2, -0.15) is 26.6 Å². The summed E-state index contributed by atoms with van der Waals surface area (Å²) in [5.74, 6) is -0.971. The van der Waals surface area contributed by atoms with Crippen molar-refractivity contribution < 1.29 is 35.0 Å². The molecule has 7 nitrogen and oxygen atoms in total. The molecule has 1 saturated carbocycles. The van der Waals surface area contributed by atoms with Crippen LogP contribution in [-0.2, 0) is 20.3 Å². The monoisotopic (exact) mass is 416 g/mol. The number of hydrogen-bond donors (Lipinski definition) is 0. The van der Waals surface area contributed by atoms with Gasteiger partial charge >= 0.3 is 15.6 Å². The second kappa shape index (κ2) is 5.72. The van der Waals surface area contributed by atoms with Gasteiger partial charge in [-0.3, -0.25) is 4.79 Å². The number of rotatable bonds is 4. The second-order valence-electron chi connectivity index (χ2n) is 7.24. The highest BCUT2D eigenvalue weighted by atomic mass is 32.2. The van der Waals surface area contributed by atoms with Crippen molar-refractivity contribution in [2.24, 2.45) is 0 Å². The number of benzene rings is 1. The maximum atomic E-state index is 12.8. The molecule has 0 unspecified atom stereocenters. The Morgan fingerprint density at radius 2 is 1.96 bits per heavy atom. The quantitative estimate of drug-likeness (QED) is 0.561. The van der Waals surface area contributed by atoms with Crippen LogP contribution in [0, 0.1) is 0 Å². The molecule has 0 radical (unpaired) electrons. The number of carbonyl (C=O) groups is 1. The van der Waals surface area contributed by atoms with E-state index in [0.717, 1.165) is 18.4 Å². The van der Waals surface area contributed by atoms with Gasteiger partial charge in [0.15, 0.2) is 6.26 Å². The number of hydrogen-bond acceptors (Lipinski definition) is 6. The highest BCUT2D eigenvalue weighted by molar-refractivity contribution is 7.87. The Labute approximate surface area is 158 Å². The summed E-state index contributed by atoms with van der Waals surface area (Å²) in [6.45, 7) is 3.66. The average Bonchev–Trinajstić information content (AvgIpc) is 3.27. The number of amides is 1. The van der Waals surface area contributed by atoms with E-state index in [1.54, 1.807) is 23.1 Å². The summed E-state index contributed by atoms with van der Waals surface area (Å²) in [5, 5.41) is 0. The van der Waals surface area contributed by atoms with Crippen molar-refractivity contribution in [3.8, 4) is 17.3 Å². The predicted molar refractivity (Wildman–Crippen MR) is 91.1 cm³/mol. The van der Waals surface area contributed by atoms with Crippen molar-refractivity contribution in [2.45, 2.75) is 43.7 Å². The molecule has 0 saturated heterocycles. The molecule has 0 N–H and O–H groups in total. The van der Waals surface area contributed by atoms with Crippen molar-refractivity contribution in [1.29, 1.82) is 0 Å². The number of nitrogens with zero attached hydrogens (tertiary/aromatic N) is 2. The maximum Gasteiger partial charge on any atom is 0.534 e. The topological polar surface area (TPSA) is 89.7 Å². The molecule has 1 aliphatic carbocycles. The van der Waals surface area contributed by atoms with Gasteiger partial charge in [0.2, 0.25) is 11.8 Å². The molecule has 150 valence electrons. The van der Waals surface area contributed by atoms with Gasteiger partial charge < -0.3 is 13.5 Å². The normalized spacial score (nSPS) is 19.0. The average molecular weight is 416 g/mol. The van der Waals surface area contributed by atoms with Crippen LogP contribution in [0.4, 0.5) is 18.9 Å². The van der Waals surface area contributed by atoms with E-state index >= 15 is 0 Å². The van der Waals surface area contributed by atoms with E-state index in [9.17, 15) is 26.4 Å². The summed E-state index contributed by atoms with van der Waals surface area (Å²) >= 11 is 0. The molecule has 2 aromatic rings. The molecule has 0 bridgehead atoms.